The summed E-state index contributed by atoms with van der Waals surface area (Å²) in [6.45, 7) is 2.45. The fourth-order valence-corrected chi connectivity index (χ4v) is 2.82. The van der Waals surface area contributed by atoms with Crippen molar-refractivity contribution in [2.75, 3.05) is 19.6 Å². The summed E-state index contributed by atoms with van der Waals surface area (Å²) >= 11 is 6.26. The van der Waals surface area contributed by atoms with Crippen LogP contribution in [-0.4, -0.2) is 30.4 Å². The number of hydrogen-bond donors (Lipinski definition) is 1. The van der Waals surface area contributed by atoms with Gasteiger partial charge < -0.3 is 10.2 Å². The van der Waals surface area contributed by atoms with Crippen LogP contribution in [0, 0.1) is 5.92 Å². The lowest BCUT2D eigenvalue weighted by Gasteiger charge is -2.37. The zero-order valence-electron chi connectivity index (χ0n) is 10.6. The van der Waals surface area contributed by atoms with Crippen LogP contribution in [0.15, 0.2) is 24.3 Å². The molecule has 0 spiro atoms. The smallest absolute Gasteiger partial charge is 0.226 e. The highest BCUT2D eigenvalue weighted by Crippen LogP contribution is 2.35. The molecule has 1 aromatic carbocycles. The van der Waals surface area contributed by atoms with Crippen molar-refractivity contribution in [2.24, 2.45) is 5.92 Å². The van der Waals surface area contributed by atoms with Crippen molar-refractivity contribution in [1.29, 1.82) is 0 Å². The van der Waals surface area contributed by atoms with Gasteiger partial charge in [0.1, 0.15) is 0 Å². The first-order valence-electron chi connectivity index (χ1n) is 6.53. The highest BCUT2D eigenvalue weighted by atomic mass is 35.5. The van der Waals surface area contributed by atoms with Gasteiger partial charge in [-0.25, -0.2) is 0 Å². The van der Waals surface area contributed by atoms with Crippen LogP contribution in [0.2, 0.25) is 5.02 Å². The summed E-state index contributed by atoms with van der Waals surface area (Å²) in [6, 6.07) is 7.91. The molecule has 19 heavy (non-hydrogen) atoms. The van der Waals surface area contributed by atoms with E-state index < -0.39 is 0 Å². The summed E-state index contributed by atoms with van der Waals surface area (Å²) in [4.78, 5) is 14.3. The van der Waals surface area contributed by atoms with Crippen LogP contribution in [-0.2, 0) is 4.79 Å². The van der Waals surface area contributed by atoms with Crippen LogP contribution in [0.5, 0.6) is 0 Å². The molecule has 104 valence electrons. The second-order valence-electron chi connectivity index (χ2n) is 5.05. The van der Waals surface area contributed by atoms with Crippen molar-refractivity contribution >= 4 is 29.9 Å². The van der Waals surface area contributed by atoms with Gasteiger partial charge in [-0.05, 0) is 24.5 Å². The summed E-state index contributed by atoms with van der Waals surface area (Å²) in [6.07, 6.45) is 2.11. The fraction of sp³-hybridized carbons (Fsp3) is 0.500. The van der Waals surface area contributed by atoms with Gasteiger partial charge in [0.25, 0.3) is 0 Å². The third-order valence-electron chi connectivity index (χ3n) is 3.72. The molecule has 0 radical (unpaired) electrons. The molecule has 5 heteroatoms. The molecule has 3 rings (SSSR count). The topological polar surface area (TPSA) is 32.3 Å². The number of rotatable bonds is 2. The molecule has 2 aliphatic rings. The third kappa shape index (κ3) is 3.04. The first-order valence-corrected chi connectivity index (χ1v) is 6.91. The predicted molar refractivity (Wildman–Crippen MR) is 78.7 cm³/mol. The lowest BCUT2D eigenvalue weighted by molar-refractivity contribution is -0.135. The number of halogens is 2. The second kappa shape index (κ2) is 6.12. The van der Waals surface area contributed by atoms with Crippen molar-refractivity contribution in [2.45, 2.75) is 18.9 Å². The summed E-state index contributed by atoms with van der Waals surface area (Å²) in [5, 5.41) is 4.10. The van der Waals surface area contributed by atoms with Gasteiger partial charge in [-0.1, -0.05) is 29.8 Å². The first kappa shape index (κ1) is 14.6. The van der Waals surface area contributed by atoms with Crippen molar-refractivity contribution in [3.63, 3.8) is 0 Å². The molecule has 3 nitrogen and oxygen atoms in total. The molecule has 1 aliphatic carbocycles. The highest BCUT2D eigenvalue weighted by Gasteiger charge is 2.38. The van der Waals surface area contributed by atoms with Crippen LogP contribution in [0.25, 0.3) is 0 Å². The largest absolute Gasteiger partial charge is 0.333 e. The summed E-state index contributed by atoms with van der Waals surface area (Å²) in [7, 11) is 0. The molecule has 1 aliphatic heterocycles. The molecule has 1 atom stereocenters. The molecule has 0 bridgehead atoms. The number of carbonyl (C=O) groups is 1. The lowest BCUT2D eigenvalue weighted by Crippen LogP contribution is -2.49. The Bertz CT molecular complexity index is 463. The minimum Gasteiger partial charge on any atom is -0.333 e. The number of amides is 1. The van der Waals surface area contributed by atoms with Gasteiger partial charge in [0, 0.05) is 30.6 Å². The van der Waals surface area contributed by atoms with E-state index in [0.29, 0.717) is 5.91 Å². The standard InChI is InChI=1S/C14H17ClN2O.ClH/c15-12-4-2-1-3-11(12)13-9-16-7-8-17(13)14(18)10-5-6-10;/h1-4,10,13,16H,5-9H2;1H. The van der Waals surface area contributed by atoms with E-state index in [1.165, 1.54) is 0 Å². The minimum absolute atomic E-state index is 0. The molecule has 1 amide bonds. The number of carbonyl (C=O) groups excluding carboxylic acids is 1. The molecule has 1 saturated carbocycles. The monoisotopic (exact) mass is 300 g/mol. The molecule has 1 N–H and O–H groups in total. The molecule has 1 aromatic rings. The fourth-order valence-electron chi connectivity index (χ4n) is 2.56. The SMILES string of the molecule is Cl.O=C(C1CC1)N1CCNCC1c1ccccc1Cl. The Labute approximate surface area is 124 Å². The number of piperazine rings is 1. The average Bonchev–Trinajstić information content (AvgIpc) is 3.23. The van der Waals surface area contributed by atoms with Gasteiger partial charge >= 0.3 is 0 Å². The van der Waals surface area contributed by atoms with Gasteiger partial charge in [-0.15, -0.1) is 12.4 Å². The van der Waals surface area contributed by atoms with Crippen molar-refractivity contribution in [1.82, 2.24) is 10.2 Å². The van der Waals surface area contributed by atoms with Gasteiger partial charge in [0.2, 0.25) is 5.91 Å². The van der Waals surface area contributed by atoms with Crippen molar-refractivity contribution in [3.8, 4) is 0 Å². The summed E-state index contributed by atoms with van der Waals surface area (Å²) in [5.41, 5.74) is 1.06. The molecule has 0 aromatic heterocycles. The highest BCUT2D eigenvalue weighted by molar-refractivity contribution is 6.31. The van der Waals surface area contributed by atoms with Crippen LogP contribution >= 0.6 is 24.0 Å². The third-order valence-corrected chi connectivity index (χ3v) is 4.06. The van der Waals surface area contributed by atoms with E-state index in [2.05, 4.69) is 5.32 Å². The van der Waals surface area contributed by atoms with Gasteiger partial charge in [0.15, 0.2) is 0 Å². The Morgan fingerprint density at radius 3 is 2.74 bits per heavy atom. The van der Waals surface area contributed by atoms with Gasteiger partial charge in [-0.3, -0.25) is 4.79 Å². The normalized spacial score (nSPS) is 22.8. The Morgan fingerprint density at radius 2 is 2.05 bits per heavy atom. The Kier molecular flexibility index (Phi) is 4.71. The zero-order valence-corrected chi connectivity index (χ0v) is 12.2. The number of nitrogens with one attached hydrogen (secondary N) is 1. The Hall–Kier alpha value is -0.770. The molecule has 1 heterocycles. The quantitative estimate of drug-likeness (QED) is 0.911. The van der Waals surface area contributed by atoms with E-state index in [1.54, 1.807) is 0 Å². The maximum absolute atomic E-state index is 12.3. The molecular weight excluding hydrogens is 283 g/mol. The summed E-state index contributed by atoms with van der Waals surface area (Å²) < 4.78 is 0. The Balaban J connectivity index is 0.00000133. The number of nitrogens with zero attached hydrogens (tertiary/aromatic N) is 1. The lowest BCUT2D eigenvalue weighted by atomic mass is 10.0. The average molecular weight is 301 g/mol. The van der Waals surface area contributed by atoms with E-state index in [9.17, 15) is 4.79 Å². The van der Waals surface area contributed by atoms with E-state index >= 15 is 0 Å². The van der Waals surface area contributed by atoms with Crippen LogP contribution in [0.1, 0.15) is 24.4 Å². The minimum atomic E-state index is 0. The van der Waals surface area contributed by atoms with Gasteiger partial charge in [-0.2, -0.15) is 0 Å². The van der Waals surface area contributed by atoms with Crippen molar-refractivity contribution in [3.05, 3.63) is 34.9 Å². The Morgan fingerprint density at radius 1 is 1.32 bits per heavy atom. The maximum Gasteiger partial charge on any atom is 0.226 e. The molecular formula is C14H18Cl2N2O. The first-order chi connectivity index (χ1) is 8.77. The predicted octanol–water partition coefficient (Wildman–Crippen LogP) is 2.64. The van der Waals surface area contributed by atoms with E-state index in [-0.39, 0.29) is 24.4 Å². The molecule has 2 fully saturated rings. The van der Waals surface area contributed by atoms with Crippen molar-refractivity contribution < 1.29 is 4.79 Å². The van der Waals surface area contributed by atoms with Crippen LogP contribution in [0.3, 0.4) is 0 Å². The zero-order chi connectivity index (χ0) is 12.5. The number of benzene rings is 1. The molecule has 1 unspecified atom stereocenters. The van der Waals surface area contributed by atoms with Crippen LogP contribution in [0.4, 0.5) is 0 Å². The number of hydrogen-bond acceptors (Lipinski definition) is 2. The van der Waals surface area contributed by atoms with E-state index in [1.807, 2.05) is 29.2 Å². The van der Waals surface area contributed by atoms with Gasteiger partial charge in [0.05, 0.1) is 6.04 Å². The van der Waals surface area contributed by atoms with E-state index in [0.717, 1.165) is 43.1 Å². The summed E-state index contributed by atoms with van der Waals surface area (Å²) in [5.74, 6) is 0.578. The van der Waals surface area contributed by atoms with E-state index in [4.69, 9.17) is 11.6 Å². The second-order valence-corrected chi connectivity index (χ2v) is 5.45. The van der Waals surface area contributed by atoms with Crippen LogP contribution < -0.4 is 5.32 Å². The maximum atomic E-state index is 12.3. The molecule has 1 saturated heterocycles.